The van der Waals surface area contributed by atoms with Crippen LogP contribution in [0.25, 0.3) is 0 Å². The summed E-state index contributed by atoms with van der Waals surface area (Å²) in [6.07, 6.45) is 2.84. The molecule has 0 aliphatic heterocycles. The fraction of sp³-hybridized carbons (Fsp3) is 0.364. The fourth-order valence-corrected chi connectivity index (χ4v) is 1.67. The predicted molar refractivity (Wildman–Crippen MR) is 72.0 cm³/mol. The third kappa shape index (κ3) is 2.99. The zero-order valence-corrected chi connectivity index (χ0v) is 11.7. The van der Waals surface area contributed by atoms with Crippen molar-refractivity contribution in [2.24, 2.45) is 7.05 Å². The van der Waals surface area contributed by atoms with Crippen molar-refractivity contribution in [3.05, 3.63) is 28.6 Å². The molecule has 10 heteroatoms. The van der Waals surface area contributed by atoms with Gasteiger partial charge in [-0.05, 0) is 6.92 Å². The van der Waals surface area contributed by atoms with Gasteiger partial charge in [0.2, 0.25) is 5.91 Å². The molecular formula is C11H14N6O4. The molecule has 1 amide bonds. The van der Waals surface area contributed by atoms with E-state index in [0.29, 0.717) is 5.82 Å². The maximum Gasteiger partial charge on any atom is 0.350 e. The molecule has 0 radical (unpaired) electrons. The molecule has 112 valence electrons. The van der Waals surface area contributed by atoms with Crippen LogP contribution in [0.4, 0.5) is 11.5 Å². The minimum absolute atomic E-state index is 0.141. The van der Waals surface area contributed by atoms with Gasteiger partial charge in [-0.15, -0.1) is 5.10 Å². The molecule has 10 nitrogen and oxygen atoms in total. The lowest BCUT2D eigenvalue weighted by Gasteiger charge is -2.10. The normalized spacial score (nSPS) is 12.0. The van der Waals surface area contributed by atoms with Crippen molar-refractivity contribution in [2.45, 2.75) is 13.0 Å². The van der Waals surface area contributed by atoms with Gasteiger partial charge in [-0.3, -0.25) is 19.6 Å². The highest BCUT2D eigenvalue weighted by Gasteiger charge is 2.25. The molecule has 2 aromatic heterocycles. The van der Waals surface area contributed by atoms with Gasteiger partial charge in [0.1, 0.15) is 12.2 Å². The summed E-state index contributed by atoms with van der Waals surface area (Å²) in [5.74, 6) is -0.144. The van der Waals surface area contributed by atoms with E-state index in [4.69, 9.17) is 4.74 Å². The first-order valence-electron chi connectivity index (χ1n) is 6.00. The van der Waals surface area contributed by atoms with Crippen molar-refractivity contribution in [3.8, 4) is 5.88 Å². The number of nitrogens with zero attached hydrogens (tertiary/aromatic N) is 5. The summed E-state index contributed by atoms with van der Waals surface area (Å²) in [5.41, 5.74) is -0.296. The molecule has 1 unspecified atom stereocenters. The Morgan fingerprint density at radius 1 is 1.52 bits per heavy atom. The molecule has 0 fully saturated rings. The van der Waals surface area contributed by atoms with Crippen molar-refractivity contribution in [2.75, 3.05) is 12.4 Å². The van der Waals surface area contributed by atoms with Gasteiger partial charge in [0, 0.05) is 19.3 Å². The van der Waals surface area contributed by atoms with E-state index in [0.717, 1.165) is 6.20 Å². The van der Waals surface area contributed by atoms with Crippen LogP contribution in [-0.2, 0) is 11.8 Å². The Balaban J connectivity index is 2.17. The molecule has 1 atom stereocenters. The van der Waals surface area contributed by atoms with Crippen molar-refractivity contribution < 1.29 is 14.5 Å². The molecule has 0 spiro atoms. The Kier molecular flexibility index (Phi) is 3.87. The Morgan fingerprint density at radius 3 is 2.71 bits per heavy atom. The Labute approximate surface area is 119 Å². The van der Waals surface area contributed by atoms with Gasteiger partial charge >= 0.3 is 11.6 Å². The van der Waals surface area contributed by atoms with Gasteiger partial charge < -0.3 is 10.1 Å². The van der Waals surface area contributed by atoms with E-state index in [1.807, 2.05) is 0 Å². The van der Waals surface area contributed by atoms with Gasteiger partial charge in [-0.1, -0.05) is 0 Å². The van der Waals surface area contributed by atoms with E-state index in [1.54, 1.807) is 30.9 Å². The standard InChI is InChI=1S/C11H14N6O4/c1-7(10(18)12-9-4-5-15(2)13-9)16-6-8(17(19)20)11(14-16)21-3/h4-7H,1-3H3,(H,12,13,18). The third-order valence-electron chi connectivity index (χ3n) is 2.81. The van der Waals surface area contributed by atoms with Gasteiger partial charge in [-0.2, -0.15) is 5.10 Å². The first kappa shape index (κ1) is 14.5. The average Bonchev–Trinajstić information content (AvgIpc) is 3.04. The topological polar surface area (TPSA) is 117 Å². The summed E-state index contributed by atoms with van der Waals surface area (Å²) in [7, 11) is 3.00. The van der Waals surface area contributed by atoms with Crippen LogP contribution in [0.1, 0.15) is 13.0 Å². The number of ether oxygens (including phenoxy) is 1. The van der Waals surface area contributed by atoms with E-state index >= 15 is 0 Å². The van der Waals surface area contributed by atoms with Crippen LogP contribution >= 0.6 is 0 Å². The van der Waals surface area contributed by atoms with Gasteiger partial charge in [0.15, 0.2) is 5.82 Å². The Bertz CT molecular complexity index is 676. The van der Waals surface area contributed by atoms with Gasteiger partial charge in [-0.25, -0.2) is 4.68 Å². The lowest BCUT2D eigenvalue weighted by molar-refractivity contribution is -0.385. The summed E-state index contributed by atoms with van der Waals surface area (Å²) >= 11 is 0. The number of aromatic nitrogens is 4. The van der Waals surface area contributed by atoms with Crippen molar-refractivity contribution >= 4 is 17.4 Å². The molecule has 21 heavy (non-hydrogen) atoms. The van der Waals surface area contributed by atoms with Crippen LogP contribution in [0.15, 0.2) is 18.5 Å². The molecular weight excluding hydrogens is 280 g/mol. The first-order valence-corrected chi connectivity index (χ1v) is 6.00. The molecule has 0 aromatic carbocycles. The SMILES string of the molecule is COc1nn(C(C)C(=O)Nc2ccn(C)n2)cc1[N+](=O)[O-]. The molecule has 0 saturated heterocycles. The van der Waals surface area contributed by atoms with Crippen LogP contribution in [0.5, 0.6) is 5.88 Å². The monoisotopic (exact) mass is 294 g/mol. The molecule has 0 saturated carbocycles. The Hall–Kier alpha value is -2.91. The highest BCUT2D eigenvalue weighted by atomic mass is 16.6. The second-order valence-corrected chi connectivity index (χ2v) is 4.30. The number of amides is 1. The number of nitro groups is 1. The minimum atomic E-state index is -0.755. The first-order chi connectivity index (χ1) is 9.92. The van der Waals surface area contributed by atoms with E-state index in [1.165, 1.54) is 11.8 Å². The smallest absolute Gasteiger partial charge is 0.350 e. The lowest BCUT2D eigenvalue weighted by Crippen LogP contribution is -2.24. The summed E-state index contributed by atoms with van der Waals surface area (Å²) in [5, 5.41) is 21.3. The molecule has 0 aliphatic carbocycles. The summed E-state index contributed by atoms with van der Waals surface area (Å²) in [6, 6.07) is 0.881. The number of carbonyl (C=O) groups is 1. The number of nitrogens with one attached hydrogen (secondary N) is 1. The predicted octanol–water partition coefficient (Wildman–Crippen LogP) is 0.733. The second kappa shape index (κ2) is 5.61. The molecule has 2 heterocycles. The maximum absolute atomic E-state index is 12.1. The molecule has 1 N–H and O–H groups in total. The largest absolute Gasteiger partial charge is 0.475 e. The number of anilines is 1. The van der Waals surface area contributed by atoms with Crippen molar-refractivity contribution in [1.82, 2.24) is 19.6 Å². The van der Waals surface area contributed by atoms with E-state index in [9.17, 15) is 14.9 Å². The fourth-order valence-electron chi connectivity index (χ4n) is 1.67. The quantitative estimate of drug-likeness (QED) is 0.641. The van der Waals surface area contributed by atoms with Crippen LogP contribution in [0.2, 0.25) is 0 Å². The average molecular weight is 294 g/mol. The third-order valence-corrected chi connectivity index (χ3v) is 2.81. The van der Waals surface area contributed by atoms with E-state index < -0.39 is 16.9 Å². The summed E-state index contributed by atoms with van der Waals surface area (Å²) < 4.78 is 7.54. The summed E-state index contributed by atoms with van der Waals surface area (Å²) in [6.45, 7) is 1.56. The minimum Gasteiger partial charge on any atom is -0.475 e. The highest BCUT2D eigenvalue weighted by molar-refractivity contribution is 5.92. The Morgan fingerprint density at radius 2 is 2.24 bits per heavy atom. The zero-order chi connectivity index (χ0) is 15.6. The number of hydrogen-bond donors (Lipinski definition) is 1. The summed E-state index contributed by atoms with van der Waals surface area (Å²) in [4.78, 5) is 22.3. The highest BCUT2D eigenvalue weighted by Crippen LogP contribution is 2.26. The van der Waals surface area contributed by atoms with Crippen LogP contribution in [0.3, 0.4) is 0 Å². The molecule has 0 aliphatic rings. The van der Waals surface area contributed by atoms with Crippen molar-refractivity contribution in [3.63, 3.8) is 0 Å². The lowest BCUT2D eigenvalue weighted by atomic mass is 10.3. The number of hydrogen-bond acceptors (Lipinski definition) is 6. The van der Waals surface area contributed by atoms with Gasteiger partial charge in [0.05, 0.1) is 12.0 Å². The molecule has 0 bridgehead atoms. The number of methoxy groups -OCH3 is 1. The van der Waals surface area contributed by atoms with Crippen LogP contribution < -0.4 is 10.1 Å². The van der Waals surface area contributed by atoms with Crippen LogP contribution in [0, 0.1) is 10.1 Å². The second-order valence-electron chi connectivity index (χ2n) is 4.30. The number of carbonyl (C=O) groups excluding carboxylic acids is 1. The maximum atomic E-state index is 12.1. The van der Waals surface area contributed by atoms with Crippen molar-refractivity contribution in [1.29, 1.82) is 0 Å². The van der Waals surface area contributed by atoms with E-state index in [2.05, 4.69) is 15.5 Å². The molecule has 2 aromatic rings. The number of aryl methyl sites for hydroxylation is 1. The van der Waals surface area contributed by atoms with Crippen LogP contribution in [-0.4, -0.2) is 37.5 Å². The zero-order valence-electron chi connectivity index (χ0n) is 11.7. The molecule has 2 rings (SSSR count). The van der Waals surface area contributed by atoms with Gasteiger partial charge in [0.25, 0.3) is 0 Å². The number of rotatable bonds is 5. The van der Waals surface area contributed by atoms with E-state index in [-0.39, 0.29) is 11.6 Å².